The molecule has 2 heterocycles. The number of ether oxygens (including phenoxy) is 5. The van der Waals surface area contributed by atoms with Crippen molar-refractivity contribution < 1.29 is 74.4 Å². The van der Waals surface area contributed by atoms with Gasteiger partial charge in [0.25, 0.3) is 0 Å². The van der Waals surface area contributed by atoms with Crippen molar-refractivity contribution in [2.75, 3.05) is 26.4 Å². The summed E-state index contributed by atoms with van der Waals surface area (Å²) in [6, 6.07) is -4.29. The van der Waals surface area contributed by atoms with Crippen LogP contribution < -0.4 is 16.8 Å². The number of carbonyl (C=O) groups excluding carboxylic acids is 1. The quantitative estimate of drug-likeness (QED) is 0.0986. The Morgan fingerprint density at radius 1 is 0.878 bits per heavy atom. The van der Waals surface area contributed by atoms with E-state index in [1.165, 1.54) is 0 Å². The van der Waals surface area contributed by atoms with Crippen molar-refractivity contribution in [3.63, 3.8) is 0 Å². The van der Waals surface area contributed by atoms with Gasteiger partial charge in [-0.3, -0.25) is 0 Å². The molecule has 2 rings (SSSR count). The van der Waals surface area contributed by atoms with E-state index in [0.717, 1.165) is 0 Å². The summed E-state index contributed by atoms with van der Waals surface area (Å²) < 4.78 is 27.4. The fraction of sp³-hybridized carbons (Fsp3) is 0.957. The van der Waals surface area contributed by atoms with Crippen LogP contribution in [0.15, 0.2) is 0 Å². The molecular weight excluding hydrogens is 558 g/mol. The van der Waals surface area contributed by atoms with Crippen molar-refractivity contribution >= 4 is 6.09 Å². The molecule has 0 aliphatic carbocycles. The van der Waals surface area contributed by atoms with Crippen LogP contribution in [0.25, 0.3) is 0 Å². The molecule has 0 aromatic carbocycles. The zero-order chi connectivity index (χ0) is 31.2. The molecule has 0 aromatic rings. The minimum Gasteiger partial charge on any atom is -0.444 e. The summed E-state index contributed by atoms with van der Waals surface area (Å²) in [6.07, 6.45) is -18.5. The van der Waals surface area contributed by atoms with Gasteiger partial charge in [0.05, 0.1) is 44.6 Å². The molecule has 41 heavy (non-hydrogen) atoms. The molecule has 6 unspecified atom stereocenters. The third kappa shape index (κ3) is 9.08. The van der Waals surface area contributed by atoms with Crippen LogP contribution >= 0.6 is 0 Å². The highest BCUT2D eigenvalue weighted by Gasteiger charge is 2.51. The van der Waals surface area contributed by atoms with Crippen LogP contribution in [0.1, 0.15) is 20.8 Å². The Bertz CT molecular complexity index is 803. The Labute approximate surface area is 236 Å². The predicted octanol–water partition coefficient (Wildman–Crippen LogP) is -6.47. The summed E-state index contributed by atoms with van der Waals surface area (Å²) in [5.41, 5.74) is 11.1. The summed E-state index contributed by atoms with van der Waals surface area (Å²) in [5, 5.41) is 93.2. The average molecular weight is 604 g/mol. The zero-order valence-corrected chi connectivity index (χ0v) is 23.0. The first-order valence-electron chi connectivity index (χ1n) is 13.1. The minimum atomic E-state index is -1.87. The lowest BCUT2D eigenvalue weighted by Crippen LogP contribution is -2.68. The SMILES string of the molecule is CC(C)(C)OC(=O)NC(CO)[C@H](O)[C@H](O[C@@H]1OC(CO)[C@@H](O[C@@H]2OC(CO)[C@@H](O)[C@@H](O)C2N)[C@@H](O)C1N)C(O)CO. The molecule has 2 fully saturated rings. The number of hydrogen-bond donors (Lipinski definition) is 12. The Morgan fingerprint density at radius 2 is 1.44 bits per heavy atom. The van der Waals surface area contributed by atoms with Crippen molar-refractivity contribution in [2.45, 2.75) is 112 Å². The molecule has 242 valence electrons. The Kier molecular flexibility index (Phi) is 13.5. The van der Waals surface area contributed by atoms with E-state index in [4.69, 9.17) is 35.2 Å². The highest BCUT2D eigenvalue weighted by atomic mass is 16.7. The van der Waals surface area contributed by atoms with E-state index in [1.807, 2.05) is 0 Å². The third-order valence-electron chi connectivity index (χ3n) is 6.63. The van der Waals surface area contributed by atoms with E-state index in [2.05, 4.69) is 5.32 Å². The van der Waals surface area contributed by atoms with Gasteiger partial charge in [-0.25, -0.2) is 4.79 Å². The number of rotatable bonds is 12. The van der Waals surface area contributed by atoms with Gasteiger partial charge >= 0.3 is 6.09 Å². The molecule has 18 heteroatoms. The van der Waals surface area contributed by atoms with Crippen LogP contribution in [0.2, 0.25) is 0 Å². The van der Waals surface area contributed by atoms with Gasteiger partial charge < -0.3 is 86.4 Å². The van der Waals surface area contributed by atoms with Gasteiger partial charge in [-0.1, -0.05) is 0 Å². The summed E-state index contributed by atoms with van der Waals surface area (Å²) in [7, 11) is 0. The van der Waals surface area contributed by atoms with E-state index >= 15 is 0 Å². The maximum atomic E-state index is 12.2. The third-order valence-corrected chi connectivity index (χ3v) is 6.63. The molecule has 0 bridgehead atoms. The van der Waals surface area contributed by atoms with Crippen LogP contribution in [0.4, 0.5) is 4.79 Å². The monoisotopic (exact) mass is 603 g/mol. The van der Waals surface area contributed by atoms with Gasteiger partial charge in [-0.05, 0) is 20.8 Å². The fourth-order valence-corrected chi connectivity index (χ4v) is 4.34. The molecule has 2 saturated heterocycles. The maximum Gasteiger partial charge on any atom is 0.408 e. The first-order valence-corrected chi connectivity index (χ1v) is 13.1. The van der Waals surface area contributed by atoms with Gasteiger partial charge in [0.1, 0.15) is 60.5 Å². The van der Waals surface area contributed by atoms with Crippen LogP contribution in [-0.4, -0.2) is 170 Å². The van der Waals surface area contributed by atoms with Gasteiger partial charge in [0.15, 0.2) is 12.6 Å². The van der Waals surface area contributed by atoms with Crippen LogP contribution in [0, 0.1) is 0 Å². The van der Waals surface area contributed by atoms with Crippen molar-refractivity contribution in [1.29, 1.82) is 0 Å². The Balaban J connectivity index is 2.19. The molecule has 14 atom stereocenters. The molecule has 14 N–H and O–H groups in total. The normalized spacial score (nSPS) is 37.6. The number of aliphatic hydroxyl groups excluding tert-OH is 9. The van der Waals surface area contributed by atoms with E-state index in [9.17, 15) is 50.8 Å². The smallest absolute Gasteiger partial charge is 0.408 e. The van der Waals surface area contributed by atoms with Crippen molar-refractivity contribution in [3.05, 3.63) is 0 Å². The average Bonchev–Trinajstić information content (AvgIpc) is 2.92. The molecule has 0 radical (unpaired) electrons. The highest BCUT2D eigenvalue weighted by molar-refractivity contribution is 5.68. The molecule has 0 saturated carbocycles. The van der Waals surface area contributed by atoms with Crippen molar-refractivity contribution in [2.24, 2.45) is 11.5 Å². The van der Waals surface area contributed by atoms with Gasteiger partial charge in [0.2, 0.25) is 0 Å². The fourth-order valence-electron chi connectivity index (χ4n) is 4.34. The lowest BCUT2D eigenvalue weighted by atomic mass is 9.95. The zero-order valence-electron chi connectivity index (χ0n) is 23.0. The van der Waals surface area contributed by atoms with Gasteiger partial charge in [-0.2, -0.15) is 0 Å². The Hall–Kier alpha value is -1.33. The van der Waals surface area contributed by atoms with Crippen LogP contribution in [0.5, 0.6) is 0 Å². The van der Waals surface area contributed by atoms with E-state index in [0.29, 0.717) is 0 Å². The number of amides is 1. The first-order chi connectivity index (χ1) is 19.1. The van der Waals surface area contributed by atoms with E-state index in [-0.39, 0.29) is 0 Å². The highest BCUT2D eigenvalue weighted by Crippen LogP contribution is 2.29. The minimum absolute atomic E-state index is 0.693. The molecular formula is C23H45N3O15. The summed E-state index contributed by atoms with van der Waals surface area (Å²) >= 11 is 0. The molecule has 2 aliphatic heterocycles. The van der Waals surface area contributed by atoms with Gasteiger partial charge in [-0.15, -0.1) is 0 Å². The second-order valence-electron chi connectivity index (χ2n) is 11.0. The number of nitrogens with two attached hydrogens (primary N) is 2. The molecule has 0 spiro atoms. The van der Waals surface area contributed by atoms with E-state index in [1.54, 1.807) is 20.8 Å². The Morgan fingerprint density at radius 3 is 1.95 bits per heavy atom. The largest absolute Gasteiger partial charge is 0.444 e. The lowest BCUT2D eigenvalue weighted by molar-refractivity contribution is -0.338. The van der Waals surface area contributed by atoms with E-state index < -0.39 is 124 Å². The van der Waals surface area contributed by atoms with Crippen molar-refractivity contribution in [1.82, 2.24) is 5.32 Å². The number of carbonyl (C=O) groups is 1. The number of aliphatic hydroxyl groups is 9. The summed E-state index contributed by atoms with van der Waals surface area (Å²) in [5.74, 6) is 0. The second kappa shape index (κ2) is 15.4. The predicted molar refractivity (Wildman–Crippen MR) is 135 cm³/mol. The number of nitrogens with one attached hydrogen (secondary N) is 1. The van der Waals surface area contributed by atoms with Gasteiger partial charge in [0, 0.05) is 0 Å². The second-order valence-corrected chi connectivity index (χ2v) is 11.0. The molecule has 1 amide bonds. The molecule has 18 nitrogen and oxygen atoms in total. The number of hydrogen-bond acceptors (Lipinski definition) is 17. The molecule has 0 aromatic heterocycles. The topological polar surface area (TPSA) is 309 Å². The summed E-state index contributed by atoms with van der Waals surface area (Å²) in [6.45, 7) is 1.50. The van der Waals surface area contributed by atoms with Crippen LogP contribution in [-0.2, 0) is 23.7 Å². The maximum absolute atomic E-state index is 12.2. The lowest BCUT2D eigenvalue weighted by Gasteiger charge is -2.47. The standard InChI is InChI=1S/C23H45N3O15/c1-23(2,3)41-22(36)26-8(4-27)14(32)18(9(31)5-28)39-21-13(25)17(35)19(11(7-30)38-21)40-20-12(24)16(34)15(33)10(6-29)37-20/h8-21,27-35H,4-7,24-25H2,1-3H3,(H,26,36)/t8?,9?,10?,11?,12?,13?,14-,15+,16-,17-,18+,19+,20-,21-/m0/s1. The first kappa shape index (κ1) is 35.9. The van der Waals surface area contributed by atoms with Crippen LogP contribution in [0.3, 0.4) is 0 Å². The molecule has 2 aliphatic rings. The number of alkyl carbamates (subject to hydrolysis) is 1. The van der Waals surface area contributed by atoms with Crippen molar-refractivity contribution in [3.8, 4) is 0 Å². The summed E-state index contributed by atoms with van der Waals surface area (Å²) in [4.78, 5) is 12.2.